The van der Waals surface area contributed by atoms with E-state index in [9.17, 15) is 12.8 Å². The molecule has 2 atom stereocenters. The van der Waals surface area contributed by atoms with Gasteiger partial charge in [0.15, 0.2) is 9.84 Å². The maximum Gasteiger partial charge on any atom is 0.153 e. The number of nitriles is 1. The quantitative estimate of drug-likeness (QED) is 0.507. The average molecular weight is 523 g/mol. The van der Waals surface area contributed by atoms with Crippen LogP contribution in [0.25, 0.3) is 16.9 Å². The van der Waals surface area contributed by atoms with E-state index in [1.54, 1.807) is 10.7 Å². The molecule has 1 saturated heterocycles. The van der Waals surface area contributed by atoms with Crippen molar-refractivity contribution >= 4 is 21.3 Å². The summed E-state index contributed by atoms with van der Waals surface area (Å²) in [6.45, 7) is 1.73. The van der Waals surface area contributed by atoms with Crippen molar-refractivity contribution in [1.82, 2.24) is 9.78 Å². The minimum atomic E-state index is -2.95. The second kappa shape index (κ2) is 10.5. The fourth-order valence-corrected chi connectivity index (χ4v) is 6.35. The predicted molar refractivity (Wildman–Crippen MR) is 143 cm³/mol. The number of hydrogen-bond acceptors (Lipinski definition) is 7. The van der Waals surface area contributed by atoms with Crippen LogP contribution in [0.4, 0.5) is 15.9 Å². The summed E-state index contributed by atoms with van der Waals surface area (Å²) in [5.41, 5.74) is 9.15. The van der Waals surface area contributed by atoms with Crippen molar-refractivity contribution in [3.63, 3.8) is 0 Å². The number of nitrogens with zero attached hydrogens (tertiary/aromatic N) is 4. The first-order valence-corrected chi connectivity index (χ1v) is 14.5. The normalized spacial score (nSPS) is 21.4. The molecule has 0 bridgehead atoms. The molecule has 0 spiro atoms. The van der Waals surface area contributed by atoms with Gasteiger partial charge in [0.2, 0.25) is 0 Å². The van der Waals surface area contributed by atoms with E-state index in [1.807, 2.05) is 36.4 Å². The van der Waals surface area contributed by atoms with Crippen molar-refractivity contribution in [3.8, 4) is 23.0 Å². The van der Waals surface area contributed by atoms with Crippen LogP contribution in [0.5, 0.6) is 0 Å². The van der Waals surface area contributed by atoms with Gasteiger partial charge in [-0.05, 0) is 61.6 Å². The summed E-state index contributed by atoms with van der Waals surface area (Å²) in [4.78, 5) is 2.07. The lowest BCUT2D eigenvalue weighted by atomic mass is 9.86. The summed E-state index contributed by atoms with van der Waals surface area (Å²) in [6.07, 6.45) is 4.30. The second-order valence-corrected chi connectivity index (χ2v) is 12.3. The fourth-order valence-electron chi connectivity index (χ4n) is 5.15. The highest BCUT2D eigenvalue weighted by Gasteiger charge is 2.23. The van der Waals surface area contributed by atoms with Crippen molar-refractivity contribution in [2.75, 3.05) is 41.4 Å². The molecule has 1 saturated carbocycles. The summed E-state index contributed by atoms with van der Waals surface area (Å²) in [5, 5.41) is 17.4. The Kier molecular flexibility index (Phi) is 7.17. The number of rotatable bonds is 6. The van der Waals surface area contributed by atoms with Crippen LogP contribution in [0.1, 0.15) is 31.2 Å². The molecular formula is C27H31FN6O2S. The van der Waals surface area contributed by atoms with Gasteiger partial charge in [-0.15, -0.1) is 0 Å². The molecule has 1 aromatic heterocycles. The van der Waals surface area contributed by atoms with Crippen LogP contribution in [-0.2, 0) is 9.84 Å². The standard InChI is InChI=1S/C27H31FN6O2S/c28-25-15-20(4-5-21(25)17-29)26-16-27(31-18-19-2-1-3-22(30)14-19)34(32-26)24-8-6-23(7-9-24)33-10-12-37(35,36)13-11-33/h4-9,15-16,19,22,31H,1-3,10-14,18,30H2/t19-,22-/m0/s1. The van der Waals surface area contributed by atoms with E-state index in [2.05, 4.69) is 10.2 Å². The zero-order valence-corrected chi connectivity index (χ0v) is 21.4. The molecular weight excluding hydrogens is 491 g/mol. The van der Waals surface area contributed by atoms with Crippen molar-refractivity contribution in [2.24, 2.45) is 11.7 Å². The van der Waals surface area contributed by atoms with Crippen molar-refractivity contribution in [3.05, 3.63) is 59.9 Å². The zero-order valence-electron chi connectivity index (χ0n) is 20.6. The number of anilines is 2. The minimum absolute atomic E-state index is 0.00345. The Morgan fingerprint density at radius 3 is 2.49 bits per heavy atom. The van der Waals surface area contributed by atoms with Crippen molar-refractivity contribution in [2.45, 2.75) is 31.7 Å². The van der Waals surface area contributed by atoms with Crippen molar-refractivity contribution < 1.29 is 12.8 Å². The van der Waals surface area contributed by atoms with Crippen LogP contribution < -0.4 is 16.0 Å². The monoisotopic (exact) mass is 522 g/mol. The van der Waals surface area contributed by atoms with Crippen LogP contribution in [0.3, 0.4) is 0 Å². The highest BCUT2D eigenvalue weighted by atomic mass is 32.2. The number of nitrogens with two attached hydrogens (primary N) is 1. The van der Waals surface area contributed by atoms with E-state index >= 15 is 0 Å². The third-order valence-electron chi connectivity index (χ3n) is 7.29. The Morgan fingerprint density at radius 2 is 1.81 bits per heavy atom. The van der Waals surface area contributed by atoms with Crippen LogP contribution >= 0.6 is 0 Å². The lowest BCUT2D eigenvalue weighted by Gasteiger charge is -2.29. The third kappa shape index (κ3) is 5.78. The molecule has 3 N–H and O–H groups in total. The van der Waals surface area contributed by atoms with Gasteiger partial charge in [-0.25, -0.2) is 17.5 Å². The molecule has 3 aromatic rings. The summed E-state index contributed by atoms with van der Waals surface area (Å²) < 4.78 is 39.7. The van der Waals surface area contributed by atoms with Gasteiger partial charge in [-0.2, -0.15) is 10.4 Å². The average Bonchev–Trinajstić information content (AvgIpc) is 3.32. The molecule has 8 nitrogen and oxygen atoms in total. The molecule has 2 fully saturated rings. The lowest BCUT2D eigenvalue weighted by Crippen LogP contribution is -2.40. The van der Waals surface area contributed by atoms with Crippen molar-refractivity contribution in [1.29, 1.82) is 5.26 Å². The largest absolute Gasteiger partial charge is 0.370 e. The molecule has 1 aliphatic carbocycles. The maximum absolute atomic E-state index is 14.3. The molecule has 0 amide bonds. The number of aromatic nitrogens is 2. The van der Waals surface area contributed by atoms with E-state index in [-0.39, 0.29) is 23.1 Å². The highest BCUT2D eigenvalue weighted by molar-refractivity contribution is 7.91. The molecule has 194 valence electrons. The van der Waals surface area contributed by atoms with Crippen LogP contribution in [0, 0.1) is 23.1 Å². The van der Waals surface area contributed by atoms with Gasteiger partial charge in [-0.1, -0.05) is 12.5 Å². The van der Waals surface area contributed by atoms with Gasteiger partial charge in [0.25, 0.3) is 0 Å². The summed E-state index contributed by atoms with van der Waals surface area (Å²) >= 11 is 0. The molecule has 1 aliphatic heterocycles. The second-order valence-electron chi connectivity index (χ2n) is 9.96. The molecule has 0 unspecified atom stereocenters. The zero-order chi connectivity index (χ0) is 26.0. The Bertz CT molecular complexity index is 1400. The first kappa shape index (κ1) is 25.2. The topological polar surface area (TPSA) is 117 Å². The number of benzene rings is 2. The molecule has 0 radical (unpaired) electrons. The molecule has 5 rings (SSSR count). The van der Waals surface area contributed by atoms with Gasteiger partial charge >= 0.3 is 0 Å². The smallest absolute Gasteiger partial charge is 0.153 e. The van der Waals surface area contributed by atoms with E-state index in [0.717, 1.165) is 49.4 Å². The van der Waals surface area contributed by atoms with Gasteiger partial charge in [0, 0.05) is 43.0 Å². The van der Waals surface area contributed by atoms with Gasteiger partial charge < -0.3 is 16.0 Å². The van der Waals surface area contributed by atoms with Gasteiger partial charge in [0.05, 0.1) is 28.5 Å². The Morgan fingerprint density at radius 1 is 1.08 bits per heavy atom. The lowest BCUT2D eigenvalue weighted by molar-refractivity contribution is 0.334. The van der Waals surface area contributed by atoms with Crippen LogP contribution in [0.2, 0.25) is 0 Å². The molecule has 2 heterocycles. The summed E-state index contributed by atoms with van der Waals surface area (Å²) in [7, 11) is -2.95. The number of nitrogens with one attached hydrogen (secondary N) is 1. The van der Waals surface area contributed by atoms with E-state index in [1.165, 1.54) is 12.1 Å². The number of halogens is 1. The van der Waals surface area contributed by atoms with E-state index in [0.29, 0.717) is 30.3 Å². The van der Waals surface area contributed by atoms with E-state index in [4.69, 9.17) is 16.1 Å². The fraction of sp³-hybridized carbons (Fsp3) is 0.407. The summed E-state index contributed by atoms with van der Waals surface area (Å²) in [5.74, 6) is 1.01. The summed E-state index contributed by atoms with van der Waals surface area (Å²) in [6, 6.07) is 16.3. The Labute approximate surface area is 216 Å². The SMILES string of the molecule is N#Cc1ccc(-c2cc(NC[C@H]3CCC[C@H](N)C3)n(-c3ccc(N4CCS(=O)(=O)CC4)cc3)n2)cc1F. The number of hydrogen-bond donors (Lipinski definition) is 2. The third-order valence-corrected chi connectivity index (χ3v) is 8.90. The molecule has 37 heavy (non-hydrogen) atoms. The van der Waals surface area contributed by atoms with Gasteiger partial charge in [-0.3, -0.25) is 0 Å². The van der Waals surface area contributed by atoms with Gasteiger partial charge in [0.1, 0.15) is 17.7 Å². The first-order valence-electron chi connectivity index (χ1n) is 12.7. The Hall–Kier alpha value is -3.42. The number of sulfone groups is 1. The minimum Gasteiger partial charge on any atom is -0.370 e. The highest BCUT2D eigenvalue weighted by Crippen LogP contribution is 2.29. The van der Waals surface area contributed by atoms with E-state index < -0.39 is 15.7 Å². The first-order chi connectivity index (χ1) is 17.8. The van der Waals surface area contributed by atoms with Crippen LogP contribution in [-0.4, -0.2) is 55.4 Å². The van der Waals surface area contributed by atoms with Crippen LogP contribution in [0.15, 0.2) is 48.5 Å². The predicted octanol–water partition coefficient (Wildman–Crippen LogP) is 3.71. The molecule has 2 aliphatic rings. The Balaban J connectivity index is 1.42. The molecule has 10 heteroatoms. The molecule has 2 aromatic carbocycles. The maximum atomic E-state index is 14.3.